The number of piperidine rings is 1. The lowest BCUT2D eigenvalue weighted by atomic mass is 9.88. The van der Waals surface area contributed by atoms with Crippen LogP contribution in [0.25, 0.3) is 17.1 Å². The van der Waals surface area contributed by atoms with Crippen molar-refractivity contribution in [3.05, 3.63) is 43.1 Å². The van der Waals surface area contributed by atoms with Crippen molar-refractivity contribution in [1.29, 1.82) is 0 Å². The van der Waals surface area contributed by atoms with Crippen LogP contribution in [0, 0.1) is 0 Å². The van der Waals surface area contributed by atoms with E-state index in [1.54, 1.807) is 42.6 Å². The van der Waals surface area contributed by atoms with Crippen molar-refractivity contribution in [2.24, 2.45) is 0 Å². The Kier molecular flexibility index (Phi) is 4.36. The summed E-state index contributed by atoms with van der Waals surface area (Å²) >= 11 is 1.77. The molecule has 0 radical (unpaired) electrons. The van der Waals surface area contributed by atoms with Crippen LogP contribution in [0.2, 0.25) is 0 Å². The number of hydrogen-bond donors (Lipinski definition) is 2. The van der Waals surface area contributed by atoms with Crippen LogP contribution in [0.4, 0.5) is 0 Å². The van der Waals surface area contributed by atoms with Crippen LogP contribution in [0.15, 0.2) is 48.1 Å². The van der Waals surface area contributed by atoms with E-state index < -0.39 is 0 Å². The van der Waals surface area contributed by atoms with E-state index in [-0.39, 0.29) is 16.8 Å². The van der Waals surface area contributed by atoms with E-state index in [0.717, 1.165) is 23.6 Å². The van der Waals surface area contributed by atoms with E-state index >= 15 is 0 Å². The molecule has 150 valence electrons. The van der Waals surface area contributed by atoms with Crippen LogP contribution in [0.3, 0.4) is 0 Å². The smallest absolute Gasteiger partial charge is 0.185 e. The highest BCUT2D eigenvalue weighted by molar-refractivity contribution is 7.99. The number of imidazole rings is 1. The number of nitrogens with zero attached hydrogens (tertiary/aromatic N) is 5. The van der Waals surface area contributed by atoms with Crippen molar-refractivity contribution in [1.82, 2.24) is 30.0 Å². The predicted octanol–water partition coefficient (Wildman–Crippen LogP) is 3.59. The lowest BCUT2D eigenvalue weighted by Gasteiger charge is -2.41. The van der Waals surface area contributed by atoms with E-state index in [4.69, 9.17) is 0 Å². The number of nitrogens with one attached hydrogen (secondary N) is 1. The average molecular weight is 409 g/mol. The summed E-state index contributed by atoms with van der Waals surface area (Å²) in [6.45, 7) is 4.66. The Morgan fingerprint density at radius 3 is 2.59 bits per heavy atom. The first kappa shape index (κ1) is 18.6. The number of aromatic hydroxyl groups is 1. The molecular weight excluding hydrogens is 384 g/mol. The number of thioether (sulfide) groups is 1. The minimum Gasteiger partial charge on any atom is -0.507 e. The number of benzene rings is 1. The fourth-order valence-corrected chi connectivity index (χ4v) is 6.21. The number of phenols is 1. The summed E-state index contributed by atoms with van der Waals surface area (Å²) in [6.07, 6.45) is 11.7. The summed E-state index contributed by atoms with van der Waals surface area (Å²) in [7, 11) is 0. The van der Waals surface area contributed by atoms with E-state index in [1.807, 2.05) is 16.8 Å². The SMILES string of the molecule is C[C@]12CC[C@](C)(CC(Sc3cnc(-c4ccc(-n5ccnc5)cc4O)nn3)C1)N2. The molecule has 0 aliphatic carbocycles. The zero-order chi connectivity index (χ0) is 20.1. The Morgan fingerprint density at radius 1 is 1.17 bits per heavy atom. The normalized spacial score (nSPS) is 28.6. The summed E-state index contributed by atoms with van der Waals surface area (Å²) in [4.78, 5) is 8.50. The Balaban J connectivity index is 1.32. The molecule has 2 aliphatic heterocycles. The first-order valence-electron chi connectivity index (χ1n) is 9.89. The zero-order valence-corrected chi connectivity index (χ0v) is 17.4. The molecule has 1 aromatic carbocycles. The standard InChI is InChI=1S/C21H24N6OS/c1-20-5-6-21(2,26-20)11-15(10-20)29-18-12-23-19(25-24-18)16-4-3-14(9-17(16)28)27-8-7-22-13-27/h3-4,7-9,12-13,15,26,28H,5-6,10-11H2,1-2H3/t15?,20-,21+. The molecule has 5 rings (SSSR count). The summed E-state index contributed by atoms with van der Waals surface area (Å²) in [5, 5.41) is 24.3. The van der Waals surface area contributed by atoms with Gasteiger partial charge in [0.2, 0.25) is 0 Å². The van der Waals surface area contributed by atoms with Gasteiger partial charge in [-0.3, -0.25) is 0 Å². The van der Waals surface area contributed by atoms with Gasteiger partial charge in [0.25, 0.3) is 0 Å². The molecule has 8 heteroatoms. The van der Waals surface area contributed by atoms with Gasteiger partial charge in [0.1, 0.15) is 10.8 Å². The van der Waals surface area contributed by atoms with Crippen LogP contribution in [0.5, 0.6) is 5.75 Å². The monoisotopic (exact) mass is 408 g/mol. The van der Waals surface area contributed by atoms with Gasteiger partial charge in [0.15, 0.2) is 5.82 Å². The Bertz CT molecular complexity index is 1010. The maximum atomic E-state index is 10.4. The fourth-order valence-electron chi connectivity index (χ4n) is 4.77. The second kappa shape index (κ2) is 6.81. The molecule has 0 spiro atoms. The van der Waals surface area contributed by atoms with Gasteiger partial charge >= 0.3 is 0 Å². The van der Waals surface area contributed by atoms with Gasteiger partial charge in [0.05, 0.1) is 23.8 Å². The van der Waals surface area contributed by atoms with Gasteiger partial charge in [-0.1, -0.05) is 11.8 Å². The Hall–Kier alpha value is -2.45. The summed E-state index contributed by atoms with van der Waals surface area (Å²) < 4.78 is 1.83. The number of aromatic nitrogens is 5. The maximum absolute atomic E-state index is 10.4. The third-order valence-corrected chi connectivity index (χ3v) is 7.14. The number of fused-ring (bicyclic) bond motifs is 2. The Morgan fingerprint density at radius 2 is 1.97 bits per heavy atom. The number of phenolic OH excluding ortho intramolecular Hbond substituents is 1. The molecule has 7 nitrogen and oxygen atoms in total. The van der Waals surface area contributed by atoms with Gasteiger partial charge in [-0.25, -0.2) is 9.97 Å². The molecule has 2 saturated heterocycles. The van der Waals surface area contributed by atoms with Crippen LogP contribution in [-0.4, -0.2) is 46.2 Å². The lowest BCUT2D eigenvalue weighted by Crippen LogP contribution is -2.54. The summed E-state index contributed by atoms with van der Waals surface area (Å²) in [6, 6.07) is 5.38. The molecule has 3 atom stereocenters. The van der Waals surface area contributed by atoms with Gasteiger partial charge in [-0.2, -0.15) is 0 Å². The highest BCUT2D eigenvalue weighted by Crippen LogP contribution is 2.46. The van der Waals surface area contributed by atoms with E-state index in [2.05, 4.69) is 39.3 Å². The molecule has 29 heavy (non-hydrogen) atoms. The van der Waals surface area contributed by atoms with Gasteiger partial charge in [0, 0.05) is 34.8 Å². The molecule has 0 amide bonds. The predicted molar refractivity (Wildman–Crippen MR) is 112 cm³/mol. The highest BCUT2D eigenvalue weighted by Gasteiger charge is 2.48. The third-order valence-electron chi connectivity index (χ3n) is 6.04. The third kappa shape index (κ3) is 3.62. The summed E-state index contributed by atoms with van der Waals surface area (Å²) in [5.74, 6) is 0.544. The topological polar surface area (TPSA) is 88.8 Å². The number of hydrogen-bond acceptors (Lipinski definition) is 7. The quantitative estimate of drug-likeness (QED) is 0.682. The largest absolute Gasteiger partial charge is 0.507 e. The molecule has 0 saturated carbocycles. The molecule has 2 aromatic heterocycles. The first-order chi connectivity index (χ1) is 13.9. The lowest BCUT2D eigenvalue weighted by molar-refractivity contribution is 0.241. The van der Waals surface area contributed by atoms with Crippen molar-refractivity contribution in [2.75, 3.05) is 0 Å². The van der Waals surface area contributed by atoms with Gasteiger partial charge in [-0.05, 0) is 51.7 Å². The van der Waals surface area contributed by atoms with Crippen molar-refractivity contribution >= 4 is 11.8 Å². The first-order valence-corrected chi connectivity index (χ1v) is 10.8. The molecule has 1 unspecified atom stereocenters. The fraction of sp³-hybridized carbons (Fsp3) is 0.429. The molecule has 2 fully saturated rings. The Labute approximate surface area is 174 Å². The van der Waals surface area contributed by atoms with Crippen LogP contribution in [0.1, 0.15) is 39.5 Å². The minimum absolute atomic E-state index is 0.120. The summed E-state index contributed by atoms with van der Waals surface area (Å²) in [5.41, 5.74) is 1.85. The molecule has 2 N–H and O–H groups in total. The molecular formula is C21H24N6OS. The van der Waals surface area contributed by atoms with Crippen LogP contribution < -0.4 is 5.32 Å². The van der Waals surface area contributed by atoms with Crippen molar-refractivity contribution in [3.8, 4) is 22.8 Å². The van der Waals surface area contributed by atoms with Gasteiger partial charge < -0.3 is 15.0 Å². The van der Waals surface area contributed by atoms with Crippen molar-refractivity contribution in [3.63, 3.8) is 0 Å². The highest BCUT2D eigenvalue weighted by atomic mass is 32.2. The average Bonchev–Trinajstić information content (AvgIpc) is 3.28. The van der Waals surface area contributed by atoms with E-state index in [1.165, 1.54) is 12.8 Å². The number of rotatable bonds is 4. The van der Waals surface area contributed by atoms with Crippen molar-refractivity contribution < 1.29 is 5.11 Å². The minimum atomic E-state index is 0.120. The molecule has 2 bridgehead atoms. The van der Waals surface area contributed by atoms with Crippen LogP contribution in [-0.2, 0) is 0 Å². The second-order valence-corrected chi connectivity index (χ2v) is 10.0. The molecule has 3 aromatic rings. The zero-order valence-electron chi connectivity index (χ0n) is 16.5. The van der Waals surface area contributed by atoms with Gasteiger partial charge in [-0.15, -0.1) is 10.2 Å². The molecule has 4 heterocycles. The maximum Gasteiger partial charge on any atom is 0.185 e. The second-order valence-electron chi connectivity index (χ2n) is 8.69. The van der Waals surface area contributed by atoms with Crippen LogP contribution >= 0.6 is 11.8 Å². The van der Waals surface area contributed by atoms with E-state index in [9.17, 15) is 5.11 Å². The molecule has 2 aliphatic rings. The van der Waals surface area contributed by atoms with E-state index in [0.29, 0.717) is 16.6 Å². The van der Waals surface area contributed by atoms with Crippen molar-refractivity contribution in [2.45, 2.75) is 60.9 Å².